The highest BCUT2D eigenvalue weighted by atomic mass is 32.3. The molecule has 0 amide bonds. The second-order valence-corrected chi connectivity index (χ2v) is 8.69. The van der Waals surface area contributed by atoms with Crippen LogP contribution in [0.15, 0.2) is 0 Å². The quantitative estimate of drug-likeness (QED) is 0.477. The van der Waals surface area contributed by atoms with Gasteiger partial charge in [-0.25, -0.2) is 0 Å². The average Bonchev–Trinajstić information content (AvgIpc) is 2.06. The lowest BCUT2D eigenvalue weighted by atomic mass is 10.6. The predicted octanol–water partition coefficient (Wildman–Crippen LogP) is 3.91. The van der Waals surface area contributed by atoms with Crippen molar-refractivity contribution in [3.05, 3.63) is 0 Å². The molecule has 74 valence electrons. The Hall–Kier alpha value is 2.10. The smallest absolute Gasteiger partial charge is 0.109 e. The maximum atomic E-state index is 4.24. The maximum absolute atomic E-state index is 4.24. The first-order valence-electron chi connectivity index (χ1n) is 3.49. The molecule has 0 unspecified atom stereocenters. The fourth-order valence-corrected chi connectivity index (χ4v) is 7.55. The van der Waals surface area contributed by atoms with E-state index in [0.717, 1.165) is 21.7 Å². The van der Waals surface area contributed by atoms with Crippen molar-refractivity contribution in [1.29, 1.82) is 0 Å². The van der Waals surface area contributed by atoms with Crippen LogP contribution in [0.4, 0.5) is 0 Å². The molecule has 12 heavy (non-hydrogen) atoms. The zero-order valence-electron chi connectivity index (χ0n) is 6.89. The van der Waals surface area contributed by atoms with Crippen LogP contribution in [0, 0.1) is 0 Å². The van der Waals surface area contributed by atoms with Crippen LogP contribution < -0.4 is 0 Å². The lowest BCUT2D eigenvalue weighted by molar-refractivity contribution is 1.01. The van der Waals surface area contributed by atoms with Crippen molar-refractivity contribution in [2.45, 2.75) is 16.8 Å². The second kappa shape index (κ2) is 8.41. The molecule has 0 aliphatic heterocycles. The van der Waals surface area contributed by atoms with Crippen LogP contribution in [-0.4, -0.2) is 18.7 Å². The molecule has 0 bridgehead atoms. The molecule has 0 spiro atoms. The number of hydrogen-bond donors (Lipinski definition) is 3. The van der Waals surface area contributed by atoms with Crippen molar-refractivity contribution in [3.8, 4) is 0 Å². The van der Waals surface area contributed by atoms with Gasteiger partial charge in [-0.15, -0.1) is 35.3 Å². The van der Waals surface area contributed by atoms with E-state index in [1.165, 1.54) is 0 Å². The molecule has 0 aliphatic rings. The number of thioether (sulfide) groups is 3. The summed E-state index contributed by atoms with van der Waals surface area (Å²) in [6.45, 7) is 2.20. The van der Waals surface area contributed by atoms with Crippen LogP contribution in [-0.2, 0) is 0 Å². The lowest BCUT2D eigenvalue weighted by Gasteiger charge is -2.29. The molecule has 0 aliphatic carbocycles. The summed E-state index contributed by atoms with van der Waals surface area (Å²) in [4.78, 5) is 0. The van der Waals surface area contributed by atoms with Gasteiger partial charge in [-0.3, -0.25) is 0 Å². The van der Waals surface area contributed by atoms with Gasteiger partial charge in [0.2, 0.25) is 0 Å². The third-order valence-electron chi connectivity index (χ3n) is 1.29. The Balaban J connectivity index is 4.06. The van der Waals surface area contributed by atoms with E-state index in [-0.39, 0.29) is 3.41 Å². The standard InChI is InChI=1S/C6H14S6/c1-2-6(10-3-7,11-4-8)12-5-9/h7-9H,2-5H2,1H3. The summed E-state index contributed by atoms with van der Waals surface area (Å²) in [6, 6.07) is 0. The topological polar surface area (TPSA) is 0 Å². The first-order valence-corrected chi connectivity index (χ1v) is 8.34. The van der Waals surface area contributed by atoms with Gasteiger partial charge in [0, 0.05) is 15.3 Å². The molecule has 0 aromatic heterocycles. The Bertz CT molecular complexity index is 89.2. The molecule has 0 nitrogen and oxygen atoms in total. The summed E-state index contributed by atoms with van der Waals surface area (Å²) < 4.78 is 0.214. The van der Waals surface area contributed by atoms with Gasteiger partial charge in [0.25, 0.3) is 0 Å². The highest BCUT2D eigenvalue weighted by Gasteiger charge is 2.28. The van der Waals surface area contributed by atoms with Crippen molar-refractivity contribution in [1.82, 2.24) is 0 Å². The van der Waals surface area contributed by atoms with E-state index in [9.17, 15) is 0 Å². The molecule has 0 rings (SSSR count). The Morgan fingerprint density at radius 1 is 0.917 bits per heavy atom. The van der Waals surface area contributed by atoms with E-state index in [0.29, 0.717) is 0 Å². The third-order valence-corrected chi connectivity index (χ3v) is 7.14. The van der Waals surface area contributed by atoms with E-state index < -0.39 is 0 Å². The highest BCUT2D eigenvalue weighted by Crippen LogP contribution is 2.50. The van der Waals surface area contributed by atoms with Crippen LogP contribution in [0.2, 0.25) is 0 Å². The largest absolute Gasteiger partial charge is 0.168 e. The van der Waals surface area contributed by atoms with Crippen molar-refractivity contribution < 1.29 is 0 Å². The minimum absolute atomic E-state index is 0.214. The molecule has 0 atom stereocenters. The molecule has 0 aromatic rings. The van der Waals surface area contributed by atoms with Gasteiger partial charge in [-0.2, -0.15) is 37.9 Å². The Kier molecular flexibility index (Phi) is 9.88. The molecular formula is C6H14S6. The van der Waals surface area contributed by atoms with Crippen LogP contribution >= 0.6 is 73.2 Å². The molecule has 0 fully saturated rings. The van der Waals surface area contributed by atoms with Gasteiger partial charge >= 0.3 is 0 Å². The van der Waals surface area contributed by atoms with Gasteiger partial charge in [0.15, 0.2) is 0 Å². The number of hydrogen-bond acceptors (Lipinski definition) is 6. The van der Waals surface area contributed by atoms with Crippen LogP contribution in [0.1, 0.15) is 13.3 Å². The summed E-state index contributed by atoms with van der Waals surface area (Å²) in [7, 11) is 0. The average molecular weight is 279 g/mol. The fourth-order valence-electron chi connectivity index (χ4n) is 0.726. The highest BCUT2D eigenvalue weighted by molar-refractivity contribution is 8.38. The van der Waals surface area contributed by atoms with E-state index in [1.807, 2.05) is 35.3 Å². The first kappa shape index (κ1) is 14.1. The van der Waals surface area contributed by atoms with Gasteiger partial charge in [-0.05, 0) is 6.42 Å². The van der Waals surface area contributed by atoms with Crippen LogP contribution in [0.3, 0.4) is 0 Å². The van der Waals surface area contributed by atoms with Gasteiger partial charge < -0.3 is 0 Å². The Morgan fingerprint density at radius 2 is 1.25 bits per heavy atom. The first-order chi connectivity index (χ1) is 5.74. The second-order valence-electron chi connectivity index (χ2n) is 1.86. The van der Waals surface area contributed by atoms with E-state index in [2.05, 4.69) is 44.8 Å². The summed E-state index contributed by atoms with van der Waals surface area (Å²) in [5, 5.41) is 2.57. The van der Waals surface area contributed by atoms with Gasteiger partial charge in [0.1, 0.15) is 3.41 Å². The van der Waals surface area contributed by atoms with Crippen molar-refractivity contribution in [2.24, 2.45) is 0 Å². The van der Waals surface area contributed by atoms with Gasteiger partial charge in [0.05, 0.1) is 0 Å². The van der Waals surface area contributed by atoms with Crippen LogP contribution in [0.25, 0.3) is 0 Å². The van der Waals surface area contributed by atoms with E-state index >= 15 is 0 Å². The normalized spacial score (nSPS) is 12.0. The van der Waals surface area contributed by atoms with Crippen molar-refractivity contribution in [3.63, 3.8) is 0 Å². The molecule has 0 saturated heterocycles. The monoisotopic (exact) mass is 278 g/mol. The number of rotatable bonds is 7. The van der Waals surface area contributed by atoms with Crippen molar-refractivity contribution >= 4 is 73.2 Å². The molecular weight excluding hydrogens is 264 g/mol. The molecule has 0 saturated carbocycles. The lowest BCUT2D eigenvalue weighted by Crippen LogP contribution is -2.14. The third kappa shape index (κ3) is 5.10. The SMILES string of the molecule is CCC(SCS)(SCS)SCS. The van der Waals surface area contributed by atoms with Gasteiger partial charge in [-0.1, -0.05) is 6.92 Å². The van der Waals surface area contributed by atoms with E-state index in [1.54, 1.807) is 0 Å². The molecule has 6 heteroatoms. The summed E-state index contributed by atoms with van der Waals surface area (Å²) in [5.41, 5.74) is 0. The molecule has 0 radical (unpaired) electrons. The molecule has 0 N–H and O–H groups in total. The minimum Gasteiger partial charge on any atom is -0.168 e. The zero-order chi connectivity index (χ0) is 9.45. The Labute approximate surface area is 104 Å². The van der Waals surface area contributed by atoms with Crippen LogP contribution in [0.5, 0.6) is 0 Å². The fraction of sp³-hybridized carbons (Fsp3) is 1.00. The summed E-state index contributed by atoms with van der Waals surface area (Å²) in [6.07, 6.45) is 1.12. The minimum atomic E-state index is 0.214. The maximum Gasteiger partial charge on any atom is 0.109 e. The summed E-state index contributed by atoms with van der Waals surface area (Å²) >= 11 is 18.3. The predicted molar refractivity (Wildman–Crippen MR) is 77.4 cm³/mol. The summed E-state index contributed by atoms with van der Waals surface area (Å²) in [5.74, 6) is 0. The van der Waals surface area contributed by atoms with Crippen molar-refractivity contribution in [2.75, 3.05) is 15.3 Å². The molecule has 0 aromatic carbocycles. The van der Waals surface area contributed by atoms with E-state index in [4.69, 9.17) is 0 Å². The Morgan fingerprint density at radius 3 is 1.42 bits per heavy atom. The zero-order valence-corrected chi connectivity index (χ0v) is 12.0. The number of thiol groups is 3. The molecule has 0 heterocycles.